The molecular weight excluding hydrogens is 364 g/mol. The number of hydrogen-bond donors (Lipinski definition) is 2. The Hall–Kier alpha value is -3.41. The first kappa shape index (κ1) is 20.3. The van der Waals surface area contributed by atoms with Crippen LogP contribution < -0.4 is 10.6 Å². The molecule has 0 radical (unpaired) electrons. The summed E-state index contributed by atoms with van der Waals surface area (Å²) < 4.78 is 1.49. The molecule has 1 aromatic heterocycles. The second-order valence-corrected chi connectivity index (χ2v) is 7.40. The van der Waals surface area contributed by atoms with Crippen molar-refractivity contribution in [2.24, 2.45) is 0 Å². The smallest absolute Gasteiger partial charge is 0.276 e. The minimum Gasteiger partial charge on any atom is -0.324 e. The summed E-state index contributed by atoms with van der Waals surface area (Å²) in [5, 5.41) is 10.0. The number of benzene rings is 2. The van der Waals surface area contributed by atoms with Gasteiger partial charge in [0, 0.05) is 17.6 Å². The first-order chi connectivity index (χ1) is 13.7. The Bertz CT molecular complexity index is 1070. The number of anilines is 2. The van der Waals surface area contributed by atoms with E-state index in [0.717, 1.165) is 22.4 Å². The Kier molecular flexibility index (Phi) is 5.82. The van der Waals surface area contributed by atoms with Gasteiger partial charge in [-0.2, -0.15) is 5.10 Å². The van der Waals surface area contributed by atoms with Crippen LogP contribution in [0.25, 0.3) is 0 Å². The number of nitrogens with zero attached hydrogens (tertiary/aromatic N) is 2. The van der Waals surface area contributed by atoms with Crippen LogP contribution in [0.4, 0.5) is 11.4 Å². The topological polar surface area (TPSA) is 76.0 Å². The number of rotatable bonds is 5. The zero-order valence-corrected chi connectivity index (χ0v) is 17.4. The molecule has 6 heteroatoms. The van der Waals surface area contributed by atoms with Gasteiger partial charge in [0.15, 0.2) is 5.69 Å². The van der Waals surface area contributed by atoms with Crippen LogP contribution in [0.2, 0.25) is 0 Å². The summed E-state index contributed by atoms with van der Waals surface area (Å²) in [4.78, 5) is 25.1. The molecule has 3 aromatic rings. The zero-order chi connectivity index (χ0) is 21.1. The molecule has 0 bridgehead atoms. The lowest BCUT2D eigenvalue weighted by Crippen LogP contribution is -2.24. The molecule has 1 unspecified atom stereocenters. The Labute approximate surface area is 170 Å². The van der Waals surface area contributed by atoms with Crippen molar-refractivity contribution in [1.29, 1.82) is 0 Å². The van der Waals surface area contributed by atoms with Crippen molar-refractivity contribution < 1.29 is 9.59 Å². The first-order valence-electron chi connectivity index (χ1n) is 9.56. The second kappa shape index (κ2) is 8.31. The lowest BCUT2D eigenvalue weighted by Gasteiger charge is -2.13. The third kappa shape index (κ3) is 4.71. The Morgan fingerprint density at radius 1 is 0.828 bits per heavy atom. The predicted molar refractivity (Wildman–Crippen MR) is 115 cm³/mol. The molecular formula is C23H26N4O2. The third-order valence-corrected chi connectivity index (χ3v) is 5.16. The molecule has 1 atom stereocenters. The number of amides is 2. The van der Waals surface area contributed by atoms with Gasteiger partial charge >= 0.3 is 0 Å². The van der Waals surface area contributed by atoms with E-state index in [1.165, 1.54) is 10.2 Å². The van der Waals surface area contributed by atoms with E-state index in [9.17, 15) is 9.59 Å². The number of carbonyl (C=O) groups is 2. The standard InChI is InChI=1S/C23H26N4O2/c1-14-6-8-19(12-16(14)3)24-22(28)18(5)27-11-10-21(26-27)23(29)25-20-9-7-15(2)17(4)13-20/h6-13,18H,1-5H3,(H,24,28)(H,25,29). The summed E-state index contributed by atoms with van der Waals surface area (Å²) in [6.07, 6.45) is 1.64. The van der Waals surface area contributed by atoms with Crippen molar-refractivity contribution in [2.45, 2.75) is 40.7 Å². The number of aromatic nitrogens is 2. The average molecular weight is 390 g/mol. The van der Waals surface area contributed by atoms with E-state index in [1.807, 2.05) is 64.1 Å². The van der Waals surface area contributed by atoms with Crippen LogP contribution in [0.5, 0.6) is 0 Å². The molecule has 2 N–H and O–H groups in total. The maximum Gasteiger partial charge on any atom is 0.276 e. The third-order valence-electron chi connectivity index (χ3n) is 5.16. The molecule has 0 spiro atoms. The highest BCUT2D eigenvalue weighted by atomic mass is 16.2. The molecule has 0 saturated carbocycles. The van der Waals surface area contributed by atoms with Gasteiger partial charge in [-0.15, -0.1) is 0 Å². The lowest BCUT2D eigenvalue weighted by atomic mass is 10.1. The highest BCUT2D eigenvalue weighted by molar-refractivity contribution is 6.03. The molecule has 29 heavy (non-hydrogen) atoms. The zero-order valence-electron chi connectivity index (χ0n) is 17.4. The van der Waals surface area contributed by atoms with Gasteiger partial charge in [-0.1, -0.05) is 12.1 Å². The molecule has 0 saturated heterocycles. The van der Waals surface area contributed by atoms with E-state index < -0.39 is 6.04 Å². The van der Waals surface area contributed by atoms with Gasteiger partial charge < -0.3 is 10.6 Å². The molecule has 0 aliphatic heterocycles. The molecule has 2 amide bonds. The Balaban J connectivity index is 1.67. The number of hydrogen-bond acceptors (Lipinski definition) is 3. The van der Waals surface area contributed by atoms with Gasteiger partial charge in [0.05, 0.1) is 0 Å². The van der Waals surface area contributed by atoms with Crippen LogP contribution in [0.3, 0.4) is 0 Å². The highest BCUT2D eigenvalue weighted by Gasteiger charge is 2.18. The van der Waals surface area contributed by atoms with Crippen LogP contribution in [0.15, 0.2) is 48.7 Å². The fourth-order valence-corrected chi connectivity index (χ4v) is 2.88. The monoisotopic (exact) mass is 390 g/mol. The highest BCUT2D eigenvalue weighted by Crippen LogP contribution is 2.17. The van der Waals surface area contributed by atoms with E-state index in [-0.39, 0.29) is 17.5 Å². The van der Waals surface area contributed by atoms with Crippen LogP contribution in [-0.4, -0.2) is 21.6 Å². The summed E-state index contributed by atoms with van der Waals surface area (Å²) in [6, 6.07) is 12.6. The van der Waals surface area contributed by atoms with E-state index in [4.69, 9.17) is 0 Å². The van der Waals surface area contributed by atoms with Gasteiger partial charge in [-0.25, -0.2) is 0 Å². The molecule has 150 valence electrons. The molecule has 0 fully saturated rings. The summed E-state index contributed by atoms with van der Waals surface area (Å²) >= 11 is 0. The first-order valence-corrected chi connectivity index (χ1v) is 9.56. The van der Waals surface area contributed by atoms with Gasteiger partial charge in [-0.3, -0.25) is 14.3 Å². The van der Waals surface area contributed by atoms with Gasteiger partial charge in [0.1, 0.15) is 6.04 Å². The van der Waals surface area contributed by atoms with Gasteiger partial charge in [-0.05, 0) is 87.2 Å². The van der Waals surface area contributed by atoms with E-state index >= 15 is 0 Å². The fourth-order valence-electron chi connectivity index (χ4n) is 2.88. The maximum absolute atomic E-state index is 12.6. The summed E-state index contributed by atoms with van der Waals surface area (Å²) in [6.45, 7) is 9.79. The largest absolute Gasteiger partial charge is 0.324 e. The molecule has 0 aliphatic carbocycles. The SMILES string of the molecule is Cc1ccc(NC(=O)c2ccn(C(C)C(=O)Nc3ccc(C)c(C)c3)n2)cc1C. The van der Waals surface area contributed by atoms with Crippen molar-refractivity contribution in [3.63, 3.8) is 0 Å². The molecule has 6 nitrogen and oxygen atoms in total. The van der Waals surface area contributed by atoms with Crippen molar-refractivity contribution in [2.75, 3.05) is 10.6 Å². The van der Waals surface area contributed by atoms with E-state index in [1.54, 1.807) is 19.2 Å². The number of carbonyl (C=O) groups excluding carboxylic acids is 2. The van der Waals surface area contributed by atoms with Crippen molar-refractivity contribution in [3.05, 3.63) is 76.6 Å². The predicted octanol–water partition coefficient (Wildman–Crippen LogP) is 4.57. The molecule has 1 heterocycles. The minimum absolute atomic E-state index is 0.197. The fraction of sp³-hybridized carbons (Fsp3) is 0.261. The minimum atomic E-state index is -0.556. The lowest BCUT2D eigenvalue weighted by molar-refractivity contribution is -0.119. The van der Waals surface area contributed by atoms with Crippen molar-refractivity contribution in [3.8, 4) is 0 Å². The van der Waals surface area contributed by atoms with Crippen LogP contribution >= 0.6 is 0 Å². The quantitative estimate of drug-likeness (QED) is 0.670. The normalized spacial score (nSPS) is 11.8. The summed E-state index contributed by atoms with van der Waals surface area (Å²) in [5.74, 6) is -0.508. The summed E-state index contributed by atoms with van der Waals surface area (Å²) in [5.41, 5.74) is 6.26. The van der Waals surface area contributed by atoms with Crippen LogP contribution in [0.1, 0.15) is 45.7 Å². The van der Waals surface area contributed by atoms with Gasteiger partial charge in [0.2, 0.25) is 5.91 Å². The van der Waals surface area contributed by atoms with E-state index in [2.05, 4.69) is 15.7 Å². The van der Waals surface area contributed by atoms with E-state index in [0.29, 0.717) is 5.69 Å². The van der Waals surface area contributed by atoms with Crippen LogP contribution in [0, 0.1) is 27.7 Å². The average Bonchev–Trinajstić information content (AvgIpc) is 3.17. The summed E-state index contributed by atoms with van der Waals surface area (Å²) in [7, 11) is 0. The van der Waals surface area contributed by atoms with Crippen molar-refractivity contribution in [1.82, 2.24) is 9.78 Å². The maximum atomic E-state index is 12.6. The number of aryl methyl sites for hydroxylation is 4. The second-order valence-electron chi connectivity index (χ2n) is 7.40. The molecule has 2 aromatic carbocycles. The van der Waals surface area contributed by atoms with Gasteiger partial charge in [0.25, 0.3) is 5.91 Å². The van der Waals surface area contributed by atoms with Crippen LogP contribution in [-0.2, 0) is 4.79 Å². The number of nitrogens with one attached hydrogen (secondary N) is 2. The molecule has 0 aliphatic rings. The Morgan fingerprint density at radius 2 is 1.38 bits per heavy atom. The van der Waals surface area contributed by atoms with Crippen molar-refractivity contribution >= 4 is 23.2 Å². The molecule has 3 rings (SSSR count). The Morgan fingerprint density at radius 3 is 1.93 bits per heavy atom.